The van der Waals surface area contributed by atoms with Gasteiger partial charge in [-0.2, -0.15) is 0 Å². The van der Waals surface area contributed by atoms with Crippen molar-refractivity contribution in [3.63, 3.8) is 0 Å². The third kappa shape index (κ3) is 6.55. The number of halogens is 1. The van der Waals surface area contributed by atoms with Crippen molar-refractivity contribution in [2.24, 2.45) is 0 Å². The summed E-state index contributed by atoms with van der Waals surface area (Å²) in [6.45, 7) is 0. The number of nitrogens with zero attached hydrogens (tertiary/aromatic N) is 1. The SMILES string of the molecule is COc1ccc(/C=C/C(=O)Nc2ccccc2SCc2ccncc2)cc1O.Cl. The average Bonchev–Trinajstić information content (AvgIpc) is 2.72. The molecule has 0 aliphatic rings. The zero-order valence-electron chi connectivity index (χ0n) is 15.7. The summed E-state index contributed by atoms with van der Waals surface area (Å²) in [4.78, 5) is 17.3. The molecule has 5 nitrogen and oxygen atoms in total. The fraction of sp³-hybridized carbons (Fsp3) is 0.0909. The highest BCUT2D eigenvalue weighted by atomic mass is 35.5. The first-order valence-corrected chi connectivity index (χ1v) is 9.61. The standard InChI is InChI=1S/C22H20N2O3S.ClH/c1-27-20-8-6-16(14-19(20)25)7-9-22(26)24-18-4-2-3-5-21(18)28-15-17-10-12-23-13-11-17;/h2-14,25H,15H2,1H3,(H,24,26);1H/b9-7+;. The van der Waals surface area contributed by atoms with Crippen LogP contribution in [-0.2, 0) is 10.5 Å². The van der Waals surface area contributed by atoms with Crippen LogP contribution >= 0.6 is 24.2 Å². The van der Waals surface area contributed by atoms with Gasteiger partial charge in [0.05, 0.1) is 12.8 Å². The monoisotopic (exact) mass is 428 g/mol. The summed E-state index contributed by atoms with van der Waals surface area (Å²) in [7, 11) is 1.49. The molecule has 7 heteroatoms. The number of thioether (sulfide) groups is 1. The predicted octanol–water partition coefficient (Wildman–Crippen LogP) is 5.16. The molecule has 150 valence electrons. The number of aromatic nitrogens is 1. The van der Waals surface area contributed by atoms with Crippen molar-refractivity contribution in [1.29, 1.82) is 0 Å². The number of phenolic OH excluding ortho intramolecular Hbond substituents is 1. The summed E-state index contributed by atoms with van der Waals surface area (Å²) in [5.74, 6) is 0.966. The first-order chi connectivity index (χ1) is 13.7. The van der Waals surface area contributed by atoms with Gasteiger partial charge in [-0.15, -0.1) is 24.2 Å². The van der Waals surface area contributed by atoms with Crippen molar-refractivity contribution in [3.8, 4) is 11.5 Å². The predicted molar refractivity (Wildman–Crippen MR) is 120 cm³/mol. The molecule has 1 aromatic heterocycles. The van der Waals surface area contributed by atoms with E-state index in [1.54, 1.807) is 48.4 Å². The van der Waals surface area contributed by atoms with E-state index >= 15 is 0 Å². The van der Waals surface area contributed by atoms with Crippen LogP contribution in [0.4, 0.5) is 5.69 Å². The zero-order chi connectivity index (χ0) is 19.8. The van der Waals surface area contributed by atoms with Crippen molar-refractivity contribution in [2.75, 3.05) is 12.4 Å². The fourth-order valence-corrected chi connectivity index (χ4v) is 3.46. The van der Waals surface area contributed by atoms with Gasteiger partial charge >= 0.3 is 0 Å². The molecule has 0 radical (unpaired) electrons. The number of rotatable bonds is 7. The number of hydrogen-bond donors (Lipinski definition) is 2. The molecule has 1 heterocycles. The number of phenols is 1. The summed E-state index contributed by atoms with van der Waals surface area (Å²) in [5.41, 5.74) is 2.63. The van der Waals surface area contributed by atoms with Gasteiger partial charge in [0.25, 0.3) is 0 Å². The van der Waals surface area contributed by atoms with Crippen LogP contribution in [0.1, 0.15) is 11.1 Å². The summed E-state index contributed by atoms with van der Waals surface area (Å²) in [6, 6.07) is 16.6. The molecular formula is C22H21ClN2O3S. The number of hydrogen-bond acceptors (Lipinski definition) is 5. The van der Waals surface area contributed by atoms with E-state index in [1.165, 1.54) is 18.7 Å². The number of pyridine rings is 1. The van der Waals surface area contributed by atoms with Crippen LogP contribution in [0.5, 0.6) is 11.5 Å². The summed E-state index contributed by atoms with van der Waals surface area (Å²) in [5, 5.41) is 12.7. The molecule has 0 unspecified atom stereocenters. The lowest BCUT2D eigenvalue weighted by Crippen LogP contribution is -2.08. The topological polar surface area (TPSA) is 71.5 Å². The molecule has 29 heavy (non-hydrogen) atoms. The van der Waals surface area contributed by atoms with Crippen molar-refractivity contribution >= 4 is 41.8 Å². The van der Waals surface area contributed by atoms with E-state index in [1.807, 2.05) is 36.4 Å². The molecule has 0 aliphatic carbocycles. The van der Waals surface area contributed by atoms with E-state index in [0.29, 0.717) is 11.3 Å². The molecule has 2 aromatic carbocycles. The summed E-state index contributed by atoms with van der Waals surface area (Å²) in [6.07, 6.45) is 6.61. The van der Waals surface area contributed by atoms with Crippen molar-refractivity contribution in [2.45, 2.75) is 10.6 Å². The number of ether oxygens (including phenoxy) is 1. The number of para-hydroxylation sites is 1. The van der Waals surface area contributed by atoms with Crippen LogP contribution in [0.15, 0.2) is 78.0 Å². The van der Waals surface area contributed by atoms with Crippen LogP contribution < -0.4 is 10.1 Å². The van der Waals surface area contributed by atoms with Gasteiger partial charge in [-0.1, -0.05) is 18.2 Å². The second-order valence-electron chi connectivity index (χ2n) is 5.89. The lowest BCUT2D eigenvalue weighted by atomic mass is 10.2. The lowest BCUT2D eigenvalue weighted by Gasteiger charge is -2.09. The molecule has 1 amide bonds. The number of anilines is 1. The molecule has 3 aromatic rings. The smallest absolute Gasteiger partial charge is 0.248 e. The molecule has 0 aliphatic heterocycles. The molecular weight excluding hydrogens is 408 g/mol. The highest BCUT2D eigenvalue weighted by molar-refractivity contribution is 7.98. The highest BCUT2D eigenvalue weighted by Gasteiger charge is 2.06. The zero-order valence-corrected chi connectivity index (χ0v) is 17.4. The third-order valence-corrected chi connectivity index (χ3v) is 5.06. The Morgan fingerprint density at radius 2 is 1.93 bits per heavy atom. The number of nitrogens with one attached hydrogen (secondary N) is 1. The van der Waals surface area contributed by atoms with Gasteiger partial charge in [-0.05, 0) is 53.6 Å². The number of carbonyl (C=O) groups excluding carboxylic acids is 1. The Bertz CT molecular complexity index is 981. The number of carbonyl (C=O) groups is 1. The van der Waals surface area contributed by atoms with E-state index in [4.69, 9.17) is 4.74 Å². The van der Waals surface area contributed by atoms with E-state index < -0.39 is 0 Å². The van der Waals surface area contributed by atoms with Gasteiger partial charge in [0.15, 0.2) is 11.5 Å². The molecule has 3 rings (SSSR count). The van der Waals surface area contributed by atoms with E-state index in [0.717, 1.165) is 16.3 Å². The molecule has 0 atom stereocenters. The summed E-state index contributed by atoms with van der Waals surface area (Å²) >= 11 is 1.65. The summed E-state index contributed by atoms with van der Waals surface area (Å²) < 4.78 is 5.01. The maximum atomic E-state index is 12.3. The fourth-order valence-electron chi connectivity index (χ4n) is 2.49. The Balaban J connectivity index is 0.00000300. The van der Waals surface area contributed by atoms with Crippen molar-refractivity contribution < 1.29 is 14.6 Å². The number of benzene rings is 2. The van der Waals surface area contributed by atoms with E-state index in [9.17, 15) is 9.90 Å². The minimum absolute atomic E-state index is 0. The first kappa shape index (κ1) is 22.3. The van der Waals surface area contributed by atoms with Crippen LogP contribution in [0.25, 0.3) is 6.08 Å². The van der Waals surface area contributed by atoms with Gasteiger partial charge in [0.2, 0.25) is 5.91 Å². The Labute approximate surface area is 180 Å². The normalized spacial score (nSPS) is 10.4. The minimum Gasteiger partial charge on any atom is -0.504 e. The molecule has 0 saturated carbocycles. The molecule has 0 saturated heterocycles. The van der Waals surface area contributed by atoms with Gasteiger partial charge in [0.1, 0.15) is 0 Å². The molecule has 0 bridgehead atoms. The van der Waals surface area contributed by atoms with Gasteiger partial charge in [0, 0.05) is 29.1 Å². The van der Waals surface area contributed by atoms with E-state index in [2.05, 4.69) is 10.3 Å². The van der Waals surface area contributed by atoms with Crippen molar-refractivity contribution in [3.05, 3.63) is 84.2 Å². The van der Waals surface area contributed by atoms with Crippen LogP contribution in [0.2, 0.25) is 0 Å². The third-order valence-electron chi connectivity index (χ3n) is 3.92. The molecule has 0 fully saturated rings. The Hall–Kier alpha value is -2.96. The lowest BCUT2D eigenvalue weighted by molar-refractivity contribution is -0.111. The molecule has 2 N–H and O–H groups in total. The maximum Gasteiger partial charge on any atom is 0.248 e. The van der Waals surface area contributed by atoms with Crippen molar-refractivity contribution in [1.82, 2.24) is 4.98 Å². The van der Waals surface area contributed by atoms with Crippen LogP contribution in [0.3, 0.4) is 0 Å². The minimum atomic E-state index is -0.243. The average molecular weight is 429 g/mol. The Kier molecular flexibility index (Phi) is 8.58. The highest BCUT2D eigenvalue weighted by Crippen LogP contribution is 2.30. The Morgan fingerprint density at radius 3 is 2.66 bits per heavy atom. The second kappa shape index (κ2) is 11.1. The van der Waals surface area contributed by atoms with E-state index in [-0.39, 0.29) is 24.1 Å². The van der Waals surface area contributed by atoms with Crippen LogP contribution in [0, 0.1) is 0 Å². The van der Waals surface area contributed by atoms with Crippen LogP contribution in [-0.4, -0.2) is 23.1 Å². The van der Waals surface area contributed by atoms with Gasteiger partial charge < -0.3 is 15.2 Å². The quantitative estimate of drug-likeness (QED) is 0.401. The largest absolute Gasteiger partial charge is 0.504 e. The number of methoxy groups -OCH3 is 1. The molecule has 0 spiro atoms. The maximum absolute atomic E-state index is 12.3. The van der Waals surface area contributed by atoms with Gasteiger partial charge in [-0.3, -0.25) is 9.78 Å². The second-order valence-corrected chi connectivity index (χ2v) is 6.91. The van der Waals surface area contributed by atoms with Gasteiger partial charge in [-0.25, -0.2) is 0 Å². The first-order valence-electron chi connectivity index (χ1n) is 8.62. The Morgan fingerprint density at radius 1 is 1.17 bits per heavy atom. The number of aromatic hydroxyl groups is 1. The number of amides is 1.